The molecule has 0 saturated carbocycles. The number of benzene rings is 1. The van der Waals surface area contributed by atoms with Crippen LogP contribution in [0.15, 0.2) is 30.3 Å². The summed E-state index contributed by atoms with van der Waals surface area (Å²) in [5.74, 6) is 1.76. The second-order valence-electron chi connectivity index (χ2n) is 6.20. The van der Waals surface area contributed by atoms with Crippen LogP contribution in [-0.2, 0) is 0 Å². The van der Waals surface area contributed by atoms with E-state index in [0.717, 1.165) is 0 Å². The predicted octanol–water partition coefficient (Wildman–Crippen LogP) is 2.96. The first-order chi connectivity index (χ1) is 11.3. The van der Waals surface area contributed by atoms with Crippen LogP contribution in [0, 0.1) is 0 Å². The van der Waals surface area contributed by atoms with Gasteiger partial charge in [0.25, 0.3) is 5.91 Å². The number of carbonyl (C=O) groups excluding carboxylic acids is 1. The van der Waals surface area contributed by atoms with Gasteiger partial charge in [-0.1, -0.05) is 0 Å². The third-order valence-corrected chi connectivity index (χ3v) is 3.05. The van der Waals surface area contributed by atoms with Crippen molar-refractivity contribution in [2.24, 2.45) is 0 Å². The van der Waals surface area contributed by atoms with Crippen LogP contribution >= 0.6 is 0 Å². The van der Waals surface area contributed by atoms with E-state index in [1.54, 1.807) is 37.4 Å². The molecule has 0 spiro atoms. The Morgan fingerprint density at radius 1 is 0.958 bits per heavy atom. The Labute approximate surface area is 141 Å². The summed E-state index contributed by atoms with van der Waals surface area (Å²) in [5, 5.41) is 14.0. The monoisotopic (exact) mass is 330 g/mol. The van der Waals surface area contributed by atoms with Crippen LogP contribution < -0.4 is 20.1 Å². The van der Waals surface area contributed by atoms with Gasteiger partial charge in [-0.15, -0.1) is 10.2 Å². The lowest BCUT2D eigenvalue weighted by Crippen LogP contribution is -2.26. The molecule has 0 radical (unpaired) electrons. The highest BCUT2D eigenvalue weighted by Gasteiger charge is 2.13. The van der Waals surface area contributed by atoms with E-state index >= 15 is 0 Å². The summed E-state index contributed by atoms with van der Waals surface area (Å²) in [5.41, 5.74) is 0.324. The van der Waals surface area contributed by atoms with Crippen molar-refractivity contribution in [1.82, 2.24) is 10.2 Å². The molecule has 0 fully saturated rings. The molecule has 0 unspecified atom stereocenters. The second kappa shape index (κ2) is 7.16. The molecule has 0 saturated heterocycles. The molecule has 0 atom stereocenters. The first kappa shape index (κ1) is 17.5. The second-order valence-corrected chi connectivity index (χ2v) is 6.20. The molecule has 2 aromatic rings. The van der Waals surface area contributed by atoms with Crippen LogP contribution in [0.4, 0.5) is 11.6 Å². The Kier molecular flexibility index (Phi) is 5.23. The van der Waals surface area contributed by atoms with Gasteiger partial charge in [-0.05, 0) is 51.1 Å². The summed E-state index contributed by atoms with van der Waals surface area (Å²) in [6.07, 6.45) is 0. The molecule has 1 amide bonds. The quantitative estimate of drug-likeness (QED) is 0.877. The van der Waals surface area contributed by atoms with Crippen LogP contribution in [0.1, 0.15) is 31.1 Å². The predicted molar refractivity (Wildman–Crippen MR) is 92.9 cm³/mol. The van der Waals surface area contributed by atoms with Gasteiger partial charge in [0, 0.05) is 11.1 Å². The van der Waals surface area contributed by atoms with Crippen molar-refractivity contribution in [3.05, 3.63) is 35.9 Å². The van der Waals surface area contributed by atoms with Crippen molar-refractivity contribution in [3.63, 3.8) is 0 Å². The zero-order valence-electron chi connectivity index (χ0n) is 14.5. The number of hydrogen-bond donors (Lipinski definition) is 2. The number of ether oxygens (including phenoxy) is 2. The molecular formula is C17H22N4O3. The van der Waals surface area contributed by atoms with Crippen LogP contribution in [0.2, 0.25) is 0 Å². The summed E-state index contributed by atoms with van der Waals surface area (Å²) in [7, 11) is 3.06. The van der Waals surface area contributed by atoms with Crippen molar-refractivity contribution < 1.29 is 14.3 Å². The van der Waals surface area contributed by atoms with Crippen LogP contribution in [0.25, 0.3) is 0 Å². The standard InChI is InChI=1S/C17H22N4O3/c1-17(2,3)19-15-9-8-14(20-21-15)18-16(22)11-6-7-12(23-4)13(10-11)24-5/h6-10H,1-5H3,(H,19,21)(H,18,20,22). The first-order valence-corrected chi connectivity index (χ1v) is 7.47. The molecule has 0 aliphatic carbocycles. The van der Waals surface area contributed by atoms with Gasteiger partial charge in [-0.25, -0.2) is 0 Å². The molecule has 128 valence electrons. The van der Waals surface area contributed by atoms with Crippen molar-refractivity contribution in [2.75, 3.05) is 24.9 Å². The normalized spacial score (nSPS) is 10.9. The summed E-state index contributed by atoms with van der Waals surface area (Å²) in [6, 6.07) is 8.40. The van der Waals surface area contributed by atoms with E-state index in [1.165, 1.54) is 7.11 Å². The van der Waals surface area contributed by atoms with E-state index < -0.39 is 0 Å². The number of hydrogen-bond acceptors (Lipinski definition) is 6. The Balaban J connectivity index is 2.09. The van der Waals surface area contributed by atoms with Gasteiger partial charge in [0.1, 0.15) is 5.82 Å². The largest absolute Gasteiger partial charge is 0.493 e. The number of carbonyl (C=O) groups is 1. The summed E-state index contributed by atoms with van der Waals surface area (Å²) >= 11 is 0. The minimum atomic E-state index is -0.304. The van der Waals surface area contributed by atoms with Gasteiger partial charge in [0.05, 0.1) is 14.2 Å². The molecule has 0 bridgehead atoms. The fourth-order valence-corrected chi connectivity index (χ4v) is 2.02. The first-order valence-electron chi connectivity index (χ1n) is 7.47. The van der Waals surface area contributed by atoms with E-state index in [4.69, 9.17) is 9.47 Å². The molecule has 0 aliphatic heterocycles. The van der Waals surface area contributed by atoms with E-state index in [0.29, 0.717) is 28.7 Å². The fraction of sp³-hybridized carbons (Fsp3) is 0.353. The van der Waals surface area contributed by atoms with Gasteiger partial charge >= 0.3 is 0 Å². The Bertz CT molecular complexity index is 709. The molecule has 1 aromatic heterocycles. The van der Waals surface area contributed by atoms with E-state index in [9.17, 15) is 4.79 Å². The zero-order valence-corrected chi connectivity index (χ0v) is 14.5. The molecule has 7 heteroatoms. The number of nitrogens with zero attached hydrogens (tertiary/aromatic N) is 2. The molecule has 0 aliphatic rings. The molecule has 2 rings (SSSR count). The highest BCUT2D eigenvalue weighted by atomic mass is 16.5. The van der Waals surface area contributed by atoms with Gasteiger partial charge in [0.2, 0.25) is 0 Å². The van der Waals surface area contributed by atoms with Gasteiger partial charge in [-0.2, -0.15) is 0 Å². The minimum Gasteiger partial charge on any atom is -0.493 e. The summed E-state index contributed by atoms with van der Waals surface area (Å²) in [6.45, 7) is 6.09. The summed E-state index contributed by atoms with van der Waals surface area (Å²) in [4.78, 5) is 12.3. The molecule has 7 nitrogen and oxygen atoms in total. The smallest absolute Gasteiger partial charge is 0.257 e. The number of aromatic nitrogens is 2. The van der Waals surface area contributed by atoms with Gasteiger partial charge in [0.15, 0.2) is 17.3 Å². The number of rotatable bonds is 5. The van der Waals surface area contributed by atoms with Crippen LogP contribution in [0.5, 0.6) is 11.5 Å². The third-order valence-electron chi connectivity index (χ3n) is 3.05. The lowest BCUT2D eigenvalue weighted by Gasteiger charge is -2.20. The Morgan fingerprint density at radius 3 is 2.12 bits per heavy atom. The maximum absolute atomic E-state index is 12.3. The Morgan fingerprint density at radius 2 is 1.58 bits per heavy atom. The number of methoxy groups -OCH3 is 2. The van der Waals surface area contributed by atoms with E-state index in [-0.39, 0.29) is 11.4 Å². The van der Waals surface area contributed by atoms with Crippen molar-refractivity contribution in [3.8, 4) is 11.5 Å². The van der Waals surface area contributed by atoms with Gasteiger partial charge in [-0.3, -0.25) is 4.79 Å². The number of anilines is 2. The van der Waals surface area contributed by atoms with Gasteiger partial charge < -0.3 is 20.1 Å². The van der Waals surface area contributed by atoms with Crippen LogP contribution in [-0.4, -0.2) is 35.9 Å². The number of nitrogens with one attached hydrogen (secondary N) is 2. The van der Waals surface area contributed by atoms with E-state index in [1.807, 2.05) is 20.8 Å². The highest BCUT2D eigenvalue weighted by molar-refractivity contribution is 6.04. The SMILES string of the molecule is COc1ccc(C(=O)Nc2ccc(NC(C)(C)C)nn2)cc1OC. The zero-order chi connectivity index (χ0) is 17.7. The van der Waals surface area contributed by atoms with Crippen molar-refractivity contribution in [2.45, 2.75) is 26.3 Å². The molecule has 1 heterocycles. The third kappa shape index (κ3) is 4.58. The average molecular weight is 330 g/mol. The lowest BCUT2D eigenvalue weighted by atomic mass is 10.1. The molecular weight excluding hydrogens is 308 g/mol. The van der Waals surface area contributed by atoms with Crippen molar-refractivity contribution >= 4 is 17.5 Å². The fourth-order valence-electron chi connectivity index (χ4n) is 2.02. The van der Waals surface area contributed by atoms with E-state index in [2.05, 4.69) is 20.8 Å². The molecule has 24 heavy (non-hydrogen) atoms. The maximum Gasteiger partial charge on any atom is 0.257 e. The minimum absolute atomic E-state index is 0.112. The number of amides is 1. The molecule has 1 aromatic carbocycles. The maximum atomic E-state index is 12.3. The van der Waals surface area contributed by atoms with Crippen molar-refractivity contribution in [1.29, 1.82) is 0 Å². The topological polar surface area (TPSA) is 85.4 Å². The highest BCUT2D eigenvalue weighted by Crippen LogP contribution is 2.27. The summed E-state index contributed by atoms with van der Waals surface area (Å²) < 4.78 is 10.4. The van der Waals surface area contributed by atoms with Crippen LogP contribution in [0.3, 0.4) is 0 Å². The lowest BCUT2D eigenvalue weighted by molar-refractivity contribution is 0.102. The molecule has 2 N–H and O–H groups in total. The average Bonchev–Trinajstić information content (AvgIpc) is 2.54. The Hall–Kier alpha value is -2.83.